The lowest BCUT2D eigenvalue weighted by Crippen LogP contribution is -2.38. The van der Waals surface area contributed by atoms with Crippen LogP contribution < -0.4 is 4.72 Å². The summed E-state index contributed by atoms with van der Waals surface area (Å²) in [5, 5.41) is 0. The lowest BCUT2D eigenvalue weighted by molar-refractivity contribution is 0.412. The van der Waals surface area contributed by atoms with Crippen molar-refractivity contribution < 1.29 is 8.42 Å². The van der Waals surface area contributed by atoms with E-state index in [9.17, 15) is 8.42 Å². The fourth-order valence-corrected chi connectivity index (χ4v) is 5.82. The predicted molar refractivity (Wildman–Crippen MR) is 97.5 cm³/mol. The molecule has 3 nitrogen and oxygen atoms in total. The minimum atomic E-state index is -3.30. The minimum absolute atomic E-state index is 0.0708. The van der Waals surface area contributed by atoms with Crippen LogP contribution in [0.15, 0.2) is 48.5 Å². The van der Waals surface area contributed by atoms with E-state index in [1.165, 1.54) is 17.5 Å². The van der Waals surface area contributed by atoms with E-state index in [0.29, 0.717) is 0 Å². The van der Waals surface area contributed by atoms with Crippen LogP contribution in [0.4, 0.5) is 0 Å². The van der Waals surface area contributed by atoms with Crippen LogP contribution in [0.5, 0.6) is 0 Å². The van der Waals surface area contributed by atoms with Crippen molar-refractivity contribution in [3.8, 4) is 11.1 Å². The molecule has 126 valence electrons. The maximum Gasteiger partial charge on any atom is 0.212 e. The summed E-state index contributed by atoms with van der Waals surface area (Å²) >= 11 is 0. The number of rotatable bonds is 4. The van der Waals surface area contributed by atoms with Crippen molar-refractivity contribution in [1.82, 2.24) is 4.72 Å². The smallest absolute Gasteiger partial charge is 0.212 e. The first-order valence-electron chi connectivity index (χ1n) is 8.82. The highest BCUT2D eigenvalue weighted by Gasteiger charge is 2.32. The van der Waals surface area contributed by atoms with Crippen LogP contribution in [0, 0.1) is 0 Å². The second-order valence-electron chi connectivity index (χ2n) is 6.96. The van der Waals surface area contributed by atoms with Gasteiger partial charge in [0.2, 0.25) is 10.0 Å². The lowest BCUT2D eigenvalue weighted by Gasteiger charge is -2.24. The molecule has 2 aromatic rings. The van der Waals surface area contributed by atoms with Gasteiger partial charge in [-0.25, -0.2) is 13.1 Å². The van der Waals surface area contributed by atoms with E-state index >= 15 is 0 Å². The number of hydrogen-bond acceptors (Lipinski definition) is 2. The predicted octanol–water partition coefficient (Wildman–Crippen LogP) is 4.05. The van der Waals surface area contributed by atoms with Gasteiger partial charge < -0.3 is 0 Å². The molecule has 0 aromatic heterocycles. The Labute approximate surface area is 144 Å². The fourth-order valence-electron chi connectivity index (χ4n) is 4.18. The molecule has 24 heavy (non-hydrogen) atoms. The van der Waals surface area contributed by atoms with Crippen molar-refractivity contribution in [3.63, 3.8) is 0 Å². The van der Waals surface area contributed by atoms with Crippen LogP contribution in [0.25, 0.3) is 11.1 Å². The highest BCUT2D eigenvalue weighted by atomic mass is 32.2. The highest BCUT2D eigenvalue weighted by molar-refractivity contribution is 7.89. The molecule has 2 aromatic carbocycles. The Morgan fingerprint density at radius 1 is 0.833 bits per heavy atom. The highest BCUT2D eigenvalue weighted by Crippen LogP contribution is 2.44. The summed E-state index contributed by atoms with van der Waals surface area (Å²) in [5.41, 5.74) is 4.61. The number of hydrogen-bond donors (Lipinski definition) is 1. The van der Waals surface area contributed by atoms with Crippen LogP contribution in [0.1, 0.15) is 49.1 Å². The van der Waals surface area contributed by atoms with Crippen LogP contribution in [0.3, 0.4) is 0 Å². The minimum Gasteiger partial charge on any atom is -0.212 e. The molecule has 0 bridgehead atoms. The monoisotopic (exact) mass is 341 g/mol. The van der Waals surface area contributed by atoms with Gasteiger partial charge in [-0.2, -0.15) is 0 Å². The van der Waals surface area contributed by atoms with Crippen molar-refractivity contribution in [2.24, 2.45) is 0 Å². The molecule has 0 spiro atoms. The summed E-state index contributed by atoms with van der Waals surface area (Å²) < 4.78 is 28.5. The van der Waals surface area contributed by atoms with Crippen LogP contribution in [0.2, 0.25) is 0 Å². The second-order valence-corrected chi connectivity index (χ2v) is 8.76. The average molecular weight is 341 g/mol. The zero-order valence-electron chi connectivity index (χ0n) is 13.7. The molecular formula is C20H23NO2S. The maximum absolute atomic E-state index is 12.8. The van der Waals surface area contributed by atoms with Crippen molar-refractivity contribution in [2.45, 2.75) is 44.1 Å². The fraction of sp³-hybridized carbons (Fsp3) is 0.400. The molecule has 0 saturated heterocycles. The normalized spacial score (nSPS) is 18.3. The number of sulfonamides is 1. The Balaban J connectivity index is 1.62. The maximum atomic E-state index is 12.8. The first-order valence-corrected chi connectivity index (χ1v) is 10.5. The molecule has 0 heterocycles. The van der Waals surface area contributed by atoms with Gasteiger partial charge in [0.15, 0.2) is 0 Å². The van der Waals surface area contributed by atoms with Crippen molar-refractivity contribution in [3.05, 3.63) is 59.7 Å². The molecule has 0 atom stereocenters. The van der Waals surface area contributed by atoms with Gasteiger partial charge in [-0.15, -0.1) is 0 Å². The molecule has 4 rings (SSSR count). The van der Waals surface area contributed by atoms with Gasteiger partial charge in [-0.05, 0) is 35.1 Å². The zero-order valence-corrected chi connectivity index (χ0v) is 14.6. The van der Waals surface area contributed by atoms with Gasteiger partial charge in [0.1, 0.15) is 0 Å². The van der Waals surface area contributed by atoms with Gasteiger partial charge >= 0.3 is 0 Å². The molecule has 1 saturated carbocycles. The summed E-state index contributed by atoms with van der Waals surface area (Å²) in [4.78, 5) is 0. The van der Waals surface area contributed by atoms with E-state index in [4.69, 9.17) is 0 Å². The summed E-state index contributed by atoms with van der Waals surface area (Å²) in [6.45, 7) is 0. The molecule has 2 aliphatic rings. The largest absolute Gasteiger partial charge is 0.212 e. The Kier molecular flexibility index (Phi) is 4.19. The zero-order chi connectivity index (χ0) is 16.6. The first-order chi connectivity index (χ1) is 11.6. The molecule has 0 radical (unpaired) electrons. The molecule has 4 heteroatoms. The van der Waals surface area contributed by atoms with Gasteiger partial charge in [0.05, 0.1) is 5.75 Å². The van der Waals surface area contributed by atoms with Gasteiger partial charge in [-0.1, -0.05) is 67.8 Å². The third-order valence-corrected chi connectivity index (χ3v) is 6.76. The molecule has 0 aliphatic heterocycles. The summed E-state index contributed by atoms with van der Waals surface area (Å²) in [5.74, 6) is 0.0656. The summed E-state index contributed by atoms with van der Waals surface area (Å²) in [6, 6.07) is 16.5. The molecule has 2 aliphatic carbocycles. The standard InChI is InChI=1S/C20H23NO2S/c22-24(23,21-15-8-2-1-3-9-15)14-20-18-12-6-4-10-16(18)17-11-5-7-13-19(17)20/h4-7,10-13,15,20-21H,1-3,8-9,14H2. The number of fused-ring (bicyclic) bond motifs is 3. The Morgan fingerprint density at radius 3 is 1.96 bits per heavy atom. The van der Waals surface area contributed by atoms with Gasteiger partial charge in [0, 0.05) is 12.0 Å². The number of nitrogens with one attached hydrogen (secondary N) is 1. The molecule has 0 unspecified atom stereocenters. The van der Waals surface area contributed by atoms with E-state index in [1.54, 1.807) is 0 Å². The third-order valence-electron chi connectivity index (χ3n) is 5.30. The quantitative estimate of drug-likeness (QED) is 0.912. The van der Waals surface area contributed by atoms with Crippen molar-refractivity contribution >= 4 is 10.0 Å². The van der Waals surface area contributed by atoms with Crippen LogP contribution in [-0.2, 0) is 10.0 Å². The average Bonchev–Trinajstić information content (AvgIpc) is 2.90. The summed E-state index contributed by atoms with van der Waals surface area (Å²) in [7, 11) is -3.30. The SMILES string of the molecule is O=S(=O)(CC1c2ccccc2-c2ccccc21)NC1CCCCC1. The van der Waals surface area contributed by atoms with E-state index in [-0.39, 0.29) is 17.7 Å². The third kappa shape index (κ3) is 3.01. The second kappa shape index (κ2) is 6.34. The molecule has 0 amide bonds. The van der Waals surface area contributed by atoms with E-state index in [2.05, 4.69) is 29.0 Å². The summed E-state index contributed by atoms with van der Waals surface area (Å²) in [6.07, 6.45) is 5.42. The van der Waals surface area contributed by atoms with E-state index < -0.39 is 10.0 Å². The van der Waals surface area contributed by atoms with E-state index in [0.717, 1.165) is 36.8 Å². The Hall–Kier alpha value is -1.65. The van der Waals surface area contributed by atoms with Crippen molar-refractivity contribution in [2.75, 3.05) is 5.75 Å². The van der Waals surface area contributed by atoms with Crippen LogP contribution in [-0.4, -0.2) is 20.2 Å². The van der Waals surface area contributed by atoms with Crippen molar-refractivity contribution in [1.29, 1.82) is 0 Å². The molecular weight excluding hydrogens is 318 g/mol. The van der Waals surface area contributed by atoms with Gasteiger partial charge in [0.25, 0.3) is 0 Å². The van der Waals surface area contributed by atoms with Crippen LogP contribution >= 0.6 is 0 Å². The van der Waals surface area contributed by atoms with E-state index in [1.807, 2.05) is 24.3 Å². The Bertz CT molecular complexity index is 793. The topological polar surface area (TPSA) is 46.2 Å². The lowest BCUT2D eigenvalue weighted by atomic mass is 9.96. The number of benzene rings is 2. The molecule has 1 N–H and O–H groups in total. The Morgan fingerprint density at radius 2 is 1.38 bits per heavy atom. The van der Waals surface area contributed by atoms with Gasteiger partial charge in [-0.3, -0.25) is 0 Å². The first kappa shape index (κ1) is 15.9. The molecule has 1 fully saturated rings.